The third-order valence-corrected chi connectivity index (χ3v) is 4.39. The van der Waals surface area contributed by atoms with E-state index in [0.717, 1.165) is 25.7 Å². The molecule has 3 rings (SSSR count). The van der Waals surface area contributed by atoms with E-state index < -0.39 is 0 Å². The van der Waals surface area contributed by atoms with E-state index in [1.54, 1.807) is 4.90 Å². The van der Waals surface area contributed by atoms with Crippen molar-refractivity contribution in [2.24, 2.45) is 16.8 Å². The molecule has 1 aromatic rings. The van der Waals surface area contributed by atoms with Crippen LogP contribution in [0.5, 0.6) is 0 Å². The number of amidine groups is 1. The van der Waals surface area contributed by atoms with Crippen LogP contribution in [0.15, 0.2) is 29.4 Å². The van der Waals surface area contributed by atoms with Crippen molar-refractivity contribution in [1.29, 1.82) is 0 Å². The molecular weight excluding hydrogens is 254 g/mol. The van der Waals surface area contributed by atoms with Gasteiger partial charge in [-0.3, -0.25) is 4.79 Å². The van der Waals surface area contributed by atoms with Gasteiger partial charge < -0.3 is 15.8 Å². The summed E-state index contributed by atoms with van der Waals surface area (Å²) in [6.07, 6.45) is 3.29. The molecular formula is C15H19N3O2. The fraction of sp³-hybridized carbons (Fsp3) is 0.467. The maximum absolute atomic E-state index is 12.7. The zero-order chi connectivity index (χ0) is 14.1. The standard InChI is InChI=1S/C15H19N3O2/c16-14(17-20)13-6-3-7-18(13)15(19)12-8-10-4-1-2-5-11(10)9-12/h1-2,4-5,12-13,20H,3,6-9H2,(H2,16,17). The Morgan fingerprint density at radius 3 is 2.55 bits per heavy atom. The quantitative estimate of drug-likeness (QED) is 0.367. The molecule has 106 valence electrons. The predicted octanol–water partition coefficient (Wildman–Crippen LogP) is 1.14. The molecule has 1 fully saturated rings. The van der Waals surface area contributed by atoms with Crippen LogP contribution in [0, 0.1) is 5.92 Å². The zero-order valence-electron chi connectivity index (χ0n) is 11.3. The van der Waals surface area contributed by atoms with Gasteiger partial charge in [0.2, 0.25) is 5.91 Å². The lowest BCUT2D eigenvalue weighted by Crippen LogP contribution is -2.46. The number of carbonyl (C=O) groups excluding carboxylic acids is 1. The SMILES string of the molecule is N/C(=N/O)C1CCCN1C(=O)C1Cc2ccccc2C1. The summed E-state index contributed by atoms with van der Waals surface area (Å²) in [6, 6.07) is 7.97. The summed E-state index contributed by atoms with van der Waals surface area (Å²) in [4.78, 5) is 14.5. The number of oxime groups is 1. The Labute approximate surface area is 118 Å². The van der Waals surface area contributed by atoms with Gasteiger partial charge in [-0.05, 0) is 36.8 Å². The third-order valence-electron chi connectivity index (χ3n) is 4.39. The minimum absolute atomic E-state index is 0.000470. The van der Waals surface area contributed by atoms with E-state index in [1.807, 2.05) is 12.1 Å². The summed E-state index contributed by atoms with van der Waals surface area (Å²) in [7, 11) is 0. The average Bonchev–Trinajstić information content (AvgIpc) is 3.11. The second kappa shape index (κ2) is 5.15. The van der Waals surface area contributed by atoms with Gasteiger partial charge in [0.15, 0.2) is 5.84 Å². The molecule has 1 atom stereocenters. The highest BCUT2D eigenvalue weighted by Gasteiger charge is 2.37. The second-order valence-corrected chi connectivity index (χ2v) is 5.59. The van der Waals surface area contributed by atoms with Crippen LogP contribution in [0.2, 0.25) is 0 Å². The van der Waals surface area contributed by atoms with Crippen molar-refractivity contribution in [2.45, 2.75) is 31.7 Å². The Morgan fingerprint density at radius 2 is 1.95 bits per heavy atom. The van der Waals surface area contributed by atoms with Gasteiger partial charge >= 0.3 is 0 Å². The molecule has 1 saturated heterocycles. The molecule has 1 aliphatic heterocycles. The van der Waals surface area contributed by atoms with Gasteiger partial charge in [0.05, 0.1) is 6.04 Å². The predicted molar refractivity (Wildman–Crippen MR) is 75.5 cm³/mol. The van der Waals surface area contributed by atoms with E-state index in [-0.39, 0.29) is 23.7 Å². The fourth-order valence-corrected chi connectivity index (χ4v) is 3.37. The maximum Gasteiger partial charge on any atom is 0.226 e. The van der Waals surface area contributed by atoms with E-state index in [0.29, 0.717) is 6.54 Å². The summed E-state index contributed by atoms with van der Waals surface area (Å²) in [6.45, 7) is 0.701. The van der Waals surface area contributed by atoms with Gasteiger partial charge in [-0.2, -0.15) is 0 Å². The Kier molecular flexibility index (Phi) is 3.34. The topological polar surface area (TPSA) is 78.9 Å². The van der Waals surface area contributed by atoms with Crippen molar-refractivity contribution in [2.75, 3.05) is 6.54 Å². The van der Waals surface area contributed by atoms with Crippen molar-refractivity contribution in [3.05, 3.63) is 35.4 Å². The molecule has 1 heterocycles. The molecule has 0 aromatic heterocycles. The number of hydrogen-bond acceptors (Lipinski definition) is 3. The van der Waals surface area contributed by atoms with Crippen LogP contribution in [0.25, 0.3) is 0 Å². The van der Waals surface area contributed by atoms with Crippen LogP contribution in [0.4, 0.5) is 0 Å². The molecule has 1 unspecified atom stereocenters. The number of likely N-dealkylation sites (tertiary alicyclic amines) is 1. The minimum Gasteiger partial charge on any atom is -0.409 e. The van der Waals surface area contributed by atoms with Gasteiger partial charge in [-0.1, -0.05) is 29.4 Å². The molecule has 5 heteroatoms. The molecule has 0 bridgehead atoms. The van der Waals surface area contributed by atoms with Crippen LogP contribution >= 0.6 is 0 Å². The van der Waals surface area contributed by atoms with Crippen molar-refractivity contribution in [3.8, 4) is 0 Å². The summed E-state index contributed by atoms with van der Waals surface area (Å²) >= 11 is 0. The molecule has 1 aliphatic carbocycles. The van der Waals surface area contributed by atoms with Crippen molar-refractivity contribution in [3.63, 3.8) is 0 Å². The first kappa shape index (κ1) is 13.0. The Hall–Kier alpha value is -2.04. The van der Waals surface area contributed by atoms with Gasteiger partial charge in [-0.25, -0.2) is 0 Å². The highest BCUT2D eigenvalue weighted by Crippen LogP contribution is 2.30. The van der Waals surface area contributed by atoms with E-state index in [1.165, 1.54) is 11.1 Å². The molecule has 5 nitrogen and oxygen atoms in total. The van der Waals surface area contributed by atoms with Crippen LogP contribution in [-0.4, -0.2) is 34.4 Å². The lowest BCUT2D eigenvalue weighted by atomic mass is 10.0. The van der Waals surface area contributed by atoms with Crippen molar-refractivity contribution >= 4 is 11.7 Å². The molecule has 0 radical (unpaired) electrons. The highest BCUT2D eigenvalue weighted by atomic mass is 16.4. The van der Waals surface area contributed by atoms with Gasteiger partial charge in [-0.15, -0.1) is 0 Å². The van der Waals surface area contributed by atoms with E-state index >= 15 is 0 Å². The number of fused-ring (bicyclic) bond motifs is 1. The fourth-order valence-electron chi connectivity index (χ4n) is 3.37. The van der Waals surface area contributed by atoms with E-state index in [2.05, 4.69) is 17.3 Å². The molecule has 3 N–H and O–H groups in total. The number of amides is 1. The van der Waals surface area contributed by atoms with Crippen LogP contribution in [0.3, 0.4) is 0 Å². The number of rotatable bonds is 2. The molecule has 1 amide bonds. The van der Waals surface area contributed by atoms with Crippen LogP contribution in [0.1, 0.15) is 24.0 Å². The van der Waals surface area contributed by atoms with Crippen LogP contribution < -0.4 is 5.73 Å². The molecule has 0 spiro atoms. The molecule has 1 aromatic carbocycles. The first-order valence-electron chi connectivity index (χ1n) is 7.05. The summed E-state index contributed by atoms with van der Waals surface area (Å²) in [5.41, 5.74) is 8.23. The lowest BCUT2D eigenvalue weighted by molar-refractivity contribution is -0.135. The normalized spacial score (nSPS) is 23.1. The molecule has 0 saturated carbocycles. The third kappa shape index (κ3) is 2.13. The largest absolute Gasteiger partial charge is 0.409 e. The monoisotopic (exact) mass is 273 g/mol. The number of nitrogens with zero attached hydrogens (tertiary/aromatic N) is 2. The van der Waals surface area contributed by atoms with E-state index in [9.17, 15) is 4.79 Å². The van der Waals surface area contributed by atoms with Gasteiger partial charge in [0.25, 0.3) is 0 Å². The lowest BCUT2D eigenvalue weighted by Gasteiger charge is -2.26. The Balaban J connectivity index is 1.75. The van der Waals surface area contributed by atoms with Crippen molar-refractivity contribution < 1.29 is 10.0 Å². The van der Waals surface area contributed by atoms with Gasteiger partial charge in [0, 0.05) is 12.5 Å². The Morgan fingerprint density at radius 1 is 1.30 bits per heavy atom. The number of nitrogens with two attached hydrogens (primary N) is 1. The number of hydrogen-bond donors (Lipinski definition) is 2. The smallest absolute Gasteiger partial charge is 0.226 e. The number of carbonyl (C=O) groups is 1. The van der Waals surface area contributed by atoms with Crippen molar-refractivity contribution in [1.82, 2.24) is 4.90 Å². The zero-order valence-corrected chi connectivity index (χ0v) is 11.3. The van der Waals surface area contributed by atoms with Gasteiger partial charge in [0.1, 0.15) is 0 Å². The molecule has 2 aliphatic rings. The first-order chi connectivity index (χ1) is 9.70. The summed E-state index contributed by atoms with van der Waals surface area (Å²) in [5.74, 6) is 0.279. The highest BCUT2D eigenvalue weighted by molar-refractivity contribution is 5.91. The maximum atomic E-state index is 12.7. The first-order valence-corrected chi connectivity index (χ1v) is 7.05. The van der Waals surface area contributed by atoms with Crippen LogP contribution in [-0.2, 0) is 17.6 Å². The second-order valence-electron chi connectivity index (χ2n) is 5.59. The minimum atomic E-state index is -0.240. The average molecular weight is 273 g/mol. The Bertz CT molecular complexity index is 531. The number of benzene rings is 1. The van der Waals surface area contributed by atoms with E-state index in [4.69, 9.17) is 10.9 Å². The molecule has 20 heavy (non-hydrogen) atoms. The summed E-state index contributed by atoms with van der Waals surface area (Å²) in [5, 5.41) is 11.9. The summed E-state index contributed by atoms with van der Waals surface area (Å²) < 4.78 is 0.